The van der Waals surface area contributed by atoms with Crippen LogP contribution >= 0.6 is 11.6 Å². The number of nitrogens with two attached hydrogens (primary N) is 1. The third-order valence-corrected chi connectivity index (χ3v) is 4.74. The van der Waals surface area contributed by atoms with Gasteiger partial charge >= 0.3 is 0 Å². The van der Waals surface area contributed by atoms with E-state index in [1.54, 1.807) is 6.08 Å². The number of aromatic nitrogens is 1. The van der Waals surface area contributed by atoms with Gasteiger partial charge in [0.15, 0.2) is 0 Å². The highest BCUT2D eigenvalue weighted by molar-refractivity contribution is 6.31. The number of piperidine rings is 1. The lowest BCUT2D eigenvalue weighted by molar-refractivity contribution is 0.233. The first-order chi connectivity index (χ1) is 13.0. The van der Waals surface area contributed by atoms with Crippen LogP contribution in [0, 0.1) is 0 Å². The Morgan fingerprint density at radius 1 is 1.44 bits per heavy atom. The van der Waals surface area contributed by atoms with E-state index in [4.69, 9.17) is 17.3 Å². The summed E-state index contributed by atoms with van der Waals surface area (Å²) in [5, 5.41) is 8.73. The zero-order chi connectivity index (χ0) is 19.6. The van der Waals surface area contributed by atoms with Crippen LogP contribution in [0.2, 0.25) is 5.02 Å². The Bertz CT molecular complexity index is 739. The number of nitrogens with one attached hydrogen (secondary N) is 3. The maximum absolute atomic E-state index is 6.02. The van der Waals surface area contributed by atoms with E-state index in [1.165, 1.54) is 19.4 Å². The lowest BCUT2D eigenvalue weighted by Crippen LogP contribution is -2.45. The SMILES string of the molecule is C=C(NCc1cc2cc(Cl)ccc2[nH]1)NC1CCCN(C)C1.C=CCCN. The van der Waals surface area contributed by atoms with Crippen molar-refractivity contribution in [3.63, 3.8) is 0 Å². The van der Waals surface area contributed by atoms with Gasteiger partial charge in [-0.15, -0.1) is 6.58 Å². The molecular formula is C21H32ClN5. The normalized spacial score (nSPS) is 17.1. The van der Waals surface area contributed by atoms with Crippen LogP contribution in [0.5, 0.6) is 0 Å². The third kappa shape index (κ3) is 7.29. The Labute approximate surface area is 167 Å². The van der Waals surface area contributed by atoms with Crippen molar-refractivity contribution in [1.29, 1.82) is 0 Å². The fourth-order valence-corrected chi connectivity index (χ4v) is 3.34. The average molecular weight is 390 g/mol. The van der Waals surface area contributed by atoms with Crippen LogP contribution in [0.3, 0.4) is 0 Å². The molecule has 1 aliphatic heterocycles. The molecule has 1 fully saturated rings. The molecule has 148 valence electrons. The number of hydrogen-bond acceptors (Lipinski definition) is 4. The molecule has 6 heteroatoms. The molecule has 0 bridgehead atoms. The van der Waals surface area contributed by atoms with Gasteiger partial charge in [-0.3, -0.25) is 0 Å². The summed E-state index contributed by atoms with van der Waals surface area (Å²) >= 11 is 6.02. The highest BCUT2D eigenvalue weighted by Crippen LogP contribution is 2.20. The second-order valence-corrected chi connectivity index (χ2v) is 7.41. The van der Waals surface area contributed by atoms with E-state index in [0.29, 0.717) is 6.04 Å². The summed E-state index contributed by atoms with van der Waals surface area (Å²) < 4.78 is 0. The van der Waals surface area contributed by atoms with Crippen molar-refractivity contribution in [1.82, 2.24) is 20.5 Å². The molecule has 1 aromatic carbocycles. The summed E-state index contributed by atoms with van der Waals surface area (Å²) in [7, 11) is 2.17. The lowest BCUT2D eigenvalue weighted by Gasteiger charge is -2.31. The second kappa shape index (κ2) is 11.0. The molecule has 2 aromatic rings. The molecule has 0 saturated carbocycles. The van der Waals surface area contributed by atoms with Crippen molar-refractivity contribution < 1.29 is 0 Å². The minimum Gasteiger partial charge on any atom is -0.368 e. The monoisotopic (exact) mass is 389 g/mol. The van der Waals surface area contributed by atoms with Gasteiger partial charge in [-0.25, -0.2) is 0 Å². The molecule has 0 aliphatic carbocycles. The van der Waals surface area contributed by atoms with E-state index in [2.05, 4.69) is 46.8 Å². The van der Waals surface area contributed by atoms with Gasteiger partial charge in [0.05, 0.1) is 12.4 Å². The molecule has 1 aromatic heterocycles. The predicted molar refractivity (Wildman–Crippen MR) is 117 cm³/mol. The summed E-state index contributed by atoms with van der Waals surface area (Å²) in [6, 6.07) is 8.49. The molecule has 1 unspecified atom stereocenters. The van der Waals surface area contributed by atoms with Gasteiger partial charge in [0.1, 0.15) is 0 Å². The number of halogens is 1. The first kappa shape index (κ1) is 21.4. The van der Waals surface area contributed by atoms with Crippen molar-refractivity contribution in [3.05, 3.63) is 60.0 Å². The van der Waals surface area contributed by atoms with Gasteiger partial charge < -0.3 is 26.3 Å². The Morgan fingerprint density at radius 2 is 2.26 bits per heavy atom. The standard InChI is InChI=1S/C17H23ClN4.C4H9N/c1-12(20-15-4-3-7-22(2)11-15)19-10-16-9-13-8-14(18)5-6-17(13)21-16;1-2-3-4-5/h5-6,8-9,15,19-21H,1,3-4,7,10-11H2,2H3;2H,1,3-5H2. The van der Waals surface area contributed by atoms with E-state index < -0.39 is 0 Å². The highest BCUT2D eigenvalue weighted by Gasteiger charge is 2.16. The van der Waals surface area contributed by atoms with Gasteiger partial charge in [0.2, 0.25) is 0 Å². The summed E-state index contributed by atoms with van der Waals surface area (Å²) in [5.41, 5.74) is 7.30. The lowest BCUT2D eigenvalue weighted by atomic mass is 10.1. The smallest absolute Gasteiger partial charge is 0.0918 e. The van der Waals surface area contributed by atoms with Crippen LogP contribution < -0.4 is 16.4 Å². The number of rotatable bonds is 7. The Balaban J connectivity index is 0.000000465. The molecule has 1 aliphatic rings. The largest absolute Gasteiger partial charge is 0.368 e. The molecule has 27 heavy (non-hydrogen) atoms. The number of likely N-dealkylation sites (tertiary alicyclic amines) is 1. The zero-order valence-electron chi connectivity index (χ0n) is 16.2. The van der Waals surface area contributed by atoms with Crippen molar-refractivity contribution >= 4 is 22.5 Å². The van der Waals surface area contributed by atoms with E-state index in [-0.39, 0.29) is 0 Å². The Hall–Kier alpha value is -1.95. The fraction of sp³-hybridized carbons (Fsp3) is 0.429. The molecule has 5 nitrogen and oxygen atoms in total. The van der Waals surface area contributed by atoms with Crippen LogP contribution in [0.15, 0.2) is 49.3 Å². The molecule has 0 radical (unpaired) electrons. The number of H-pyrrole nitrogens is 1. The first-order valence-electron chi connectivity index (χ1n) is 9.47. The average Bonchev–Trinajstić information content (AvgIpc) is 3.03. The maximum atomic E-state index is 6.02. The van der Waals surface area contributed by atoms with E-state index in [9.17, 15) is 0 Å². The summed E-state index contributed by atoms with van der Waals surface area (Å²) in [6.45, 7) is 11.3. The quantitative estimate of drug-likeness (QED) is 0.546. The summed E-state index contributed by atoms with van der Waals surface area (Å²) in [6.07, 6.45) is 5.18. The van der Waals surface area contributed by atoms with Crippen molar-refractivity contribution in [2.75, 3.05) is 26.7 Å². The van der Waals surface area contributed by atoms with Crippen molar-refractivity contribution in [2.24, 2.45) is 5.73 Å². The predicted octanol–water partition coefficient (Wildman–Crippen LogP) is 3.59. The molecule has 2 heterocycles. The molecule has 5 N–H and O–H groups in total. The zero-order valence-corrected chi connectivity index (χ0v) is 17.0. The molecule has 1 atom stereocenters. The highest BCUT2D eigenvalue weighted by atomic mass is 35.5. The van der Waals surface area contributed by atoms with Gasteiger partial charge in [-0.1, -0.05) is 24.3 Å². The molecule has 1 saturated heterocycles. The van der Waals surface area contributed by atoms with Gasteiger partial charge in [0.25, 0.3) is 0 Å². The van der Waals surface area contributed by atoms with E-state index in [0.717, 1.165) is 53.5 Å². The fourth-order valence-electron chi connectivity index (χ4n) is 3.16. The van der Waals surface area contributed by atoms with Gasteiger partial charge in [-0.2, -0.15) is 0 Å². The molecule has 3 rings (SSSR count). The molecule has 0 amide bonds. The second-order valence-electron chi connectivity index (χ2n) is 6.97. The minimum absolute atomic E-state index is 0.486. The van der Waals surface area contributed by atoms with Crippen LogP contribution in [-0.4, -0.2) is 42.6 Å². The minimum atomic E-state index is 0.486. The number of aromatic amines is 1. The van der Waals surface area contributed by atoms with Crippen molar-refractivity contribution in [3.8, 4) is 0 Å². The number of hydrogen-bond donors (Lipinski definition) is 4. The van der Waals surface area contributed by atoms with Crippen LogP contribution in [-0.2, 0) is 6.54 Å². The maximum Gasteiger partial charge on any atom is 0.0918 e. The van der Waals surface area contributed by atoms with E-state index in [1.807, 2.05) is 18.2 Å². The topological polar surface area (TPSA) is 69.1 Å². The van der Waals surface area contributed by atoms with Crippen LogP contribution in [0.4, 0.5) is 0 Å². The summed E-state index contributed by atoms with van der Waals surface area (Å²) in [5.74, 6) is 0.886. The first-order valence-corrected chi connectivity index (χ1v) is 9.85. The number of likely N-dealkylation sites (N-methyl/N-ethyl adjacent to an activating group) is 1. The third-order valence-electron chi connectivity index (χ3n) is 4.50. The molecular weight excluding hydrogens is 358 g/mol. The number of benzene rings is 1. The van der Waals surface area contributed by atoms with Gasteiger partial charge in [0, 0.05) is 34.2 Å². The number of nitrogens with zero attached hydrogens (tertiary/aromatic N) is 1. The Kier molecular flexibility index (Phi) is 8.72. The van der Waals surface area contributed by atoms with Crippen molar-refractivity contribution in [2.45, 2.75) is 31.8 Å². The molecule has 0 spiro atoms. The van der Waals surface area contributed by atoms with Crippen LogP contribution in [0.25, 0.3) is 10.9 Å². The van der Waals surface area contributed by atoms with E-state index >= 15 is 0 Å². The Morgan fingerprint density at radius 3 is 2.93 bits per heavy atom. The summed E-state index contributed by atoms with van der Waals surface area (Å²) in [4.78, 5) is 5.75. The van der Waals surface area contributed by atoms with Gasteiger partial charge in [-0.05, 0) is 63.7 Å². The van der Waals surface area contributed by atoms with Crippen LogP contribution in [0.1, 0.15) is 25.0 Å². The number of fused-ring (bicyclic) bond motifs is 1.